The first-order valence-electron chi connectivity index (χ1n) is 4.85. The van der Waals surface area contributed by atoms with Gasteiger partial charge in [-0.15, -0.1) is 0 Å². The second kappa shape index (κ2) is 3.76. The third-order valence-corrected chi connectivity index (χ3v) is 2.47. The first kappa shape index (κ1) is 9.16. The van der Waals surface area contributed by atoms with Crippen molar-refractivity contribution in [1.82, 2.24) is 4.98 Å². The van der Waals surface area contributed by atoms with Crippen LogP contribution in [0.25, 0.3) is 10.9 Å². The zero-order chi connectivity index (χ0) is 9.97. The van der Waals surface area contributed by atoms with Gasteiger partial charge in [0, 0.05) is 11.6 Å². The summed E-state index contributed by atoms with van der Waals surface area (Å²) in [5.41, 5.74) is 9.22. The summed E-state index contributed by atoms with van der Waals surface area (Å²) in [4.78, 5) is 4.31. The Balaban J connectivity index is 2.59. The Kier molecular flexibility index (Phi) is 2.46. The lowest BCUT2D eigenvalue weighted by Gasteiger charge is -2.05. The van der Waals surface area contributed by atoms with Crippen LogP contribution in [0, 0.1) is 6.92 Å². The Bertz CT molecular complexity index is 449. The normalized spacial score (nSPS) is 10.7. The molecule has 2 heteroatoms. The minimum Gasteiger partial charge on any atom is -0.330 e. The standard InChI is InChI=1S/C12H14N2/c1-9-7-12-11(3-2-6-14-12)8-10(9)4-5-13/h2-3,6-8H,4-5,13H2,1H3. The third-order valence-electron chi connectivity index (χ3n) is 2.47. The molecule has 0 atom stereocenters. The molecule has 2 N–H and O–H groups in total. The summed E-state index contributed by atoms with van der Waals surface area (Å²) in [7, 11) is 0. The molecule has 0 aliphatic heterocycles. The zero-order valence-electron chi connectivity index (χ0n) is 8.33. The Morgan fingerprint density at radius 1 is 1.36 bits per heavy atom. The number of hydrogen-bond donors (Lipinski definition) is 1. The summed E-state index contributed by atoms with van der Waals surface area (Å²) in [6.45, 7) is 2.81. The molecule has 14 heavy (non-hydrogen) atoms. The quantitative estimate of drug-likeness (QED) is 0.779. The Morgan fingerprint density at radius 2 is 2.21 bits per heavy atom. The minimum atomic E-state index is 0.701. The predicted octanol–water partition coefficient (Wildman–Crippen LogP) is 2.04. The molecular formula is C12H14N2. The van der Waals surface area contributed by atoms with Crippen molar-refractivity contribution >= 4 is 10.9 Å². The summed E-state index contributed by atoms with van der Waals surface area (Å²) < 4.78 is 0. The molecule has 0 fully saturated rings. The van der Waals surface area contributed by atoms with Gasteiger partial charge in [-0.05, 0) is 49.2 Å². The maximum absolute atomic E-state index is 5.56. The molecule has 2 nitrogen and oxygen atoms in total. The van der Waals surface area contributed by atoms with Crippen LogP contribution in [0.1, 0.15) is 11.1 Å². The van der Waals surface area contributed by atoms with Crippen molar-refractivity contribution in [1.29, 1.82) is 0 Å². The van der Waals surface area contributed by atoms with Gasteiger partial charge in [0.2, 0.25) is 0 Å². The fraction of sp³-hybridized carbons (Fsp3) is 0.250. The molecular weight excluding hydrogens is 172 g/mol. The molecule has 0 bridgehead atoms. The lowest BCUT2D eigenvalue weighted by atomic mass is 10.0. The van der Waals surface area contributed by atoms with E-state index in [1.165, 1.54) is 16.5 Å². The molecule has 0 radical (unpaired) electrons. The van der Waals surface area contributed by atoms with Gasteiger partial charge in [-0.25, -0.2) is 0 Å². The molecule has 2 aromatic rings. The molecule has 1 aromatic carbocycles. The van der Waals surface area contributed by atoms with E-state index < -0.39 is 0 Å². The molecule has 0 unspecified atom stereocenters. The number of pyridine rings is 1. The van der Waals surface area contributed by atoms with Crippen LogP contribution in [-0.4, -0.2) is 11.5 Å². The Hall–Kier alpha value is -1.41. The SMILES string of the molecule is Cc1cc2ncccc2cc1CCN. The molecule has 0 saturated heterocycles. The van der Waals surface area contributed by atoms with Crippen LogP contribution in [0.15, 0.2) is 30.5 Å². The number of nitrogens with zero attached hydrogens (tertiary/aromatic N) is 1. The fourth-order valence-corrected chi connectivity index (χ4v) is 1.70. The van der Waals surface area contributed by atoms with Crippen LogP contribution in [0.3, 0.4) is 0 Å². The van der Waals surface area contributed by atoms with Crippen molar-refractivity contribution in [2.24, 2.45) is 5.73 Å². The van der Waals surface area contributed by atoms with E-state index in [4.69, 9.17) is 5.73 Å². The van der Waals surface area contributed by atoms with E-state index in [0.29, 0.717) is 6.54 Å². The van der Waals surface area contributed by atoms with Gasteiger partial charge in [0.25, 0.3) is 0 Å². The lowest BCUT2D eigenvalue weighted by molar-refractivity contribution is 0.960. The summed E-state index contributed by atoms with van der Waals surface area (Å²) in [6.07, 6.45) is 2.76. The average molecular weight is 186 g/mol. The van der Waals surface area contributed by atoms with Gasteiger partial charge in [0.05, 0.1) is 5.52 Å². The number of hydrogen-bond acceptors (Lipinski definition) is 2. The molecule has 0 spiro atoms. The van der Waals surface area contributed by atoms with Crippen LogP contribution >= 0.6 is 0 Å². The number of fused-ring (bicyclic) bond motifs is 1. The molecule has 2 rings (SSSR count). The fourth-order valence-electron chi connectivity index (χ4n) is 1.70. The maximum atomic E-state index is 5.56. The van der Waals surface area contributed by atoms with Gasteiger partial charge in [0.15, 0.2) is 0 Å². The van der Waals surface area contributed by atoms with Gasteiger partial charge >= 0.3 is 0 Å². The van der Waals surface area contributed by atoms with Crippen molar-refractivity contribution in [3.05, 3.63) is 41.6 Å². The zero-order valence-corrected chi connectivity index (χ0v) is 8.33. The van der Waals surface area contributed by atoms with Crippen molar-refractivity contribution in [2.75, 3.05) is 6.54 Å². The minimum absolute atomic E-state index is 0.701. The molecule has 0 aliphatic rings. The molecule has 1 heterocycles. The highest BCUT2D eigenvalue weighted by molar-refractivity contribution is 5.80. The molecule has 1 aromatic heterocycles. The predicted molar refractivity (Wildman–Crippen MR) is 59.2 cm³/mol. The van der Waals surface area contributed by atoms with E-state index in [2.05, 4.69) is 30.1 Å². The van der Waals surface area contributed by atoms with Crippen LogP contribution < -0.4 is 5.73 Å². The van der Waals surface area contributed by atoms with Crippen molar-refractivity contribution < 1.29 is 0 Å². The van der Waals surface area contributed by atoms with E-state index in [0.717, 1.165) is 11.9 Å². The number of rotatable bonds is 2. The molecule has 0 saturated carbocycles. The highest BCUT2D eigenvalue weighted by atomic mass is 14.6. The number of benzene rings is 1. The average Bonchev–Trinajstić information content (AvgIpc) is 2.19. The smallest absolute Gasteiger partial charge is 0.0704 e. The van der Waals surface area contributed by atoms with E-state index in [1.54, 1.807) is 0 Å². The van der Waals surface area contributed by atoms with Crippen LogP contribution in [0.4, 0.5) is 0 Å². The first-order valence-corrected chi connectivity index (χ1v) is 4.85. The summed E-state index contributed by atoms with van der Waals surface area (Å²) >= 11 is 0. The highest BCUT2D eigenvalue weighted by Gasteiger charge is 2.00. The van der Waals surface area contributed by atoms with Crippen LogP contribution in [0.5, 0.6) is 0 Å². The van der Waals surface area contributed by atoms with Gasteiger partial charge < -0.3 is 5.73 Å². The van der Waals surface area contributed by atoms with Gasteiger partial charge in [-0.1, -0.05) is 6.07 Å². The van der Waals surface area contributed by atoms with Crippen LogP contribution in [0.2, 0.25) is 0 Å². The molecule has 0 aliphatic carbocycles. The largest absolute Gasteiger partial charge is 0.330 e. The number of aromatic nitrogens is 1. The summed E-state index contributed by atoms with van der Waals surface area (Å²) in [6, 6.07) is 8.36. The topological polar surface area (TPSA) is 38.9 Å². The Labute approximate surface area is 83.8 Å². The number of aryl methyl sites for hydroxylation is 1. The van der Waals surface area contributed by atoms with Crippen molar-refractivity contribution in [2.45, 2.75) is 13.3 Å². The number of nitrogens with two attached hydrogens (primary N) is 1. The first-order chi connectivity index (χ1) is 6.81. The third kappa shape index (κ3) is 1.61. The van der Waals surface area contributed by atoms with E-state index in [1.807, 2.05) is 12.3 Å². The van der Waals surface area contributed by atoms with Crippen molar-refractivity contribution in [3.8, 4) is 0 Å². The monoisotopic (exact) mass is 186 g/mol. The van der Waals surface area contributed by atoms with Crippen molar-refractivity contribution in [3.63, 3.8) is 0 Å². The molecule has 72 valence electrons. The Morgan fingerprint density at radius 3 is 3.00 bits per heavy atom. The van der Waals surface area contributed by atoms with Gasteiger partial charge in [-0.3, -0.25) is 4.98 Å². The van der Waals surface area contributed by atoms with Gasteiger partial charge in [0.1, 0.15) is 0 Å². The van der Waals surface area contributed by atoms with Crippen LogP contribution in [-0.2, 0) is 6.42 Å². The maximum Gasteiger partial charge on any atom is 0.0704 e. The highest BCUT2D eigenvalue weighted by Crippen LogP contribution is 2.17. The summed E-state index contributed by atoms with van der Waals surface area (Å²) in [5.74, 6) is 0. The van der Waals surface area contributed by atoms with E-state index in [9.17, 15) is 0 Å². The van der Waals surface area contributed by atoms with E-state index >= 15 is 0 Å². The van der Waals surface area contributed by atoms with Gasteiger partial charge in [-0.2, -0.15) is 0 Å². The lowest BCUT2D eigenvalue weighted by Crippen LogP contribution is -2.04. The second-order valence-electron chi connectivity index (χ2n) is 3.51. The van der Waals surface area contributed by atoms with E-state index in [-0.39, 0.29) is 0 Å². The summed E-state index contributed by atoms with van der Waals surface area (Å²) in [5, 5.41) is 1.20. The second-order valence-corrected chi connectivity index (χ2v) is 3.51. The molecule has 0 amide bonds.